The summed E-state index contributed by atoms with van der Waals surface area (Å²) in [5.74, 6) is -2.98. The lowest BCUT2D eigenvalue weighted by Crippen LogP contribution is -2.60. The van der Waals surface area contributed by atoms with Crippen LogP contribution in [0, 0.1) is 12.3 Å². The van der Waals surface area contributed by atoms with Gasteiger partial charge in [-0.2, -0.15) is 0 Å². The number of imide groups is 1. The Balaban J connectivity index is 0.750. The van der Waals surface area contributed by atoms with Gasteiger partial charge in [0.2, 0.25) is 5.91 Å². The number of imidazole rings is 1. The van der Waals surface area contributed by atoms with E-state index in [0.717, 1.165) is 67.4 Å². The first-order valence-electron chi connectivity index (χ1n) is 23.6. The maximum atomic E-state index is 16.3. The fraction of sp³-hybridized carbons (Fsp3) is 0.542. The number of methoxy groups -OCH3 is 1. The Morgan fingerprint density at radius 1 is 0.940 bits per heavy atom. The predicted molar refractivity (Wildman–Crippen MR) is 250 cm³/mol. The van der Waals surface area contributed by atoms with Gasteiger partial charge in [-0.25, -0.2) is 23.1 Å². The van der Waals surface area contributed by atoms with Crippen molar-refractivity contribution < 1.29 is 32.7 Å². The van der Waals surface area contributed by atoms with Crippen LogP contribution >= 0.6 is 11.6 Å². The van der Waals surface area contributed by atoms with E-state index in [0.29, 0.717) is 91.2 Å². The molecular weight excluding hydrogens is 884 g/mol. The molecule has 2 aromatic carbocycles. The van der Waals surface area contributed by atoms with Crippen molar-refractivity contribution in [3.63, 3.8) is 0 Å². The van der Waals surface area contributed by atoms with Crippen molar-refractivity contribution >= 4 is 63.9 Å². The quantitative estimate of drug-likeness (QED) is 0.171. The zero-order valence-electron chi connectivity index (χ0n) is 38.3. The van der Waals surface area contributed by atoms with E-state index in [2.05, 4.69) is 25.8 Å². The molecule has 5 fully saturated rings. The number of piperidine rings is 3. The molecule has 1 spiro atoms. The van der Waals surface area contributed by atoms with E-state index in [1.54, 1.807) is 36.9 Å². The maximum absolute atomic E-state index is 16.3. The molecule has 10 rings (SSSR count). The highest BCUT2D eigenvalue weighted by atomic mass is 35.5. The first-order valence-corrected chi connectivity index (χ1v) is 24.0. The van der Waals surface area contributed by atoms with Crippen molar-refractivity contribution in [1.82, 2.24) is 39.9 Å². The van der Waals surface area contributed by atoms with Gasteiger partial charge in [0.1, 0.15) is 0 Å². The van der Waals surface area contributed by atoms with Gasteiger partial charge in [0.25, 0.3) is 17.7 Å². The van der Waals surface area contributed by atoms with E-state index in [1.165, 1.54) is 4.90 Å². The Morgan fingerprint density at radius 3 is 2.40 bits per heavy atom. The van der Waals surface area contributed by atoms with Crippen LogP contribution in [0.15, 0.2) is 42.6 Å². The number of nitrogens with one attached hydrogen (secondary N) is 3. The summed E-state index contributed by atoms with van der Waals surface area (Å²) in [6.07, 6.45) is 7.77. The Labute approximate surface area is 393 Å². The number of hydrogen-bond donors (Lipinski definition) is 3. The summed E-state index contributed by atoms with van der Waals surface area (Å²) in [4.78, 5) is 65.4. The van der Waals surface area contributed by atoms with Crippen molar-refractivity contribution in [3.05, 3.63) is 75.6 Å². The molecule has 67 heavy (non-hydrogen) atoms. The fourth-order valence-corrected chi connectivity index (χ4v) is 11.6. The lowest BCUT2D eigenvalue weighted by molar-refractivity contribution is -0.139. The third-order valence-electron chi connectivity index (χ3n) is 15.5. The Kier molecular flexibility index (Phi) is 12.1. The van der Waals surface area contributed by atoms with Gasteiger partial charge < -0.3 is 25.2 Å². The van der Waals surface area contributed by atoms with Gasteiger partial charge in [-0.1, -0.05) is 23.7 Å². The molecule has 0 unspecified atom stereocenters. The first kappa shape index (κ1) is 45.4. The number of fused-ring (bicyclic) bond motifs is 2. The van der Waals surface area contributed by atoms with Crippen LogP contribution in [0.4, 0.5) is 36.5 Å². The Bertz CT molecular complexity index is 2610. The summed E-state index contributed by atoms with van der Waals surface area (Å²) in [5.41, 5.74) is 6.23. The zero-order chi connectivity index (χ0) is 46.8. The summed E-state index contributed by atoms with van der Waals surface area (Å²) < 4.78 is 39.6. The second-order valence-corrected chi connectivity index (χ2v) is 19.7. The van der Waals surface area contributed by atoms with Crippen LogP contribution in [0.25, 0.3) is 5.65 Å². The predicted octanol–water partition coefficient (Wildman–Crippen LogP) is 6.01. The number of urea groups is 1. The van der Waals surface area contributed by atoms with Gasteiger partial charge in [0, 0.05) is 77.2 Å². The Hall–Kier alpha value is -5.43. The lowest BCUT2D eigenvalue weighted by Gasteiger charge is -2.51. The minimum atomic E-state index is -2.89. The number of alkyl halides is 2. The highest BCUT2D eigenvalue weighted by molar-refractivity contribution is 6.35. The molecule has 1 aliphatic carbocycles. The van der Waals surface area contributed by atoms with Gasteiger partial charge >= 0.3 is 6.03 Å². The third-order valence-corrected chi connectivity index (χ3v) is 16.0. The smallest absolute Gasteiger partial charge is 0.328 e. The molecule has 3 atom stereocenters. The van der Waals surface area contributed by atoms with E-state index in [-0.39, 0.29) is 54.8 Å². The molecule has 4 saturated heterocycles. The van der Waals surface area contributed by atoms with Crippen LogP contribution in [0.5, 0.6) is 0 Å². The number of hydrogen-bond acceptors (Lipinski definition) is 11. The summed E-state index contributed by atoms with van der Waals surface area (Å²) in [6.45, 7) is 5.64. The molecule has 16 nitrogen and oxygen atoms in total. The average molecular weight is 943 g/mol. The number of benzene rings is 2. The average Bonchev–Trinajstić information content (AvgIpc) is 3.95. The lowest BCUT2D eigenvalue weighted by atomic mass is 9.70. The van der Waals surface area contributed by atoms with Crippen molar-refractivity contribution in [2.45, 2.75) is 95.4 Å². The topological polar surface area (TPSA) is 160 Å². The zero-order valence-corrected chi connectivity index (χ0v) is 39.0. The molecule has 5 amide bonds. The number of aryl methyl sites for hydroxylation is 1. The molecule has 7 heterocycles. The largest absolute Gasteiger partial charge is 0.385 e. The number of aromatic nitrogens is 3. The number of nitrogens with zero attached hydrogens (tertiary/aromatic N) is 8. The van der Waals surface area contributed by atoms with E-state index >= 15 is 8.78 Å². The molecule has 4 aromatic rings. The van der Waals surface area contributed by atoms with Crippen molar-refractivity contribution in [2.75, 3.05) is 81.6 Å². The van der Waals surface area contributed by atoms with E-state index in [1.807, 2.05) is 46.0 Å². The SMILES string of the molecule is CNc1cc(N2CCc3c(CN4CC[C@@H](N5CCC6(CCN(C(=O)c7cc(C)c(Cl)c(N8CCC(=O)NC8=O)c7)CC6)CC5)C(F)(F)C4)cccc32)nn2c(C(=O)N[C@@H]3CC[C@H]3OC)cnc12. The van der Waals surface area contributed by atoms with E-state index < -0.39 is 18.0 Å². The molecule has 3 N–H and O–H groups in total. The van der Waals surface area contributed by atoms with Crippen molar-refractivity contribution in [2.24, 2.45) is 5.41 Å². The second kappa shape index (κ2) is 17.9. The van der Waals surface area contributed by atoms with Crippen LogP contribution < -0.4 is 25.8 Å². The molecular formula is C48H58ClF2N11O5. The molecule has 0 radical (unpaired) electrons. The van der Waals surface area contributed by atoms with Crippen LogP contribution in [0.1, 0.15) is 88.9 Å². The van der Waals surface area contributed by atoms with Crippen molar-refractivity contribution in [1.29, 1.82) is 0 Å². The minimum absolute atomic E-state index is 0.000289. The number of halogens is 3. The highest BCUT2D eigenvalue weighted by Gasteiger charge is 2.50. The second-order valence-electron chi connectivity index (χ2n) is 19.3. The highest BCUT2D eigenvalue weighted by Crippen LogP contribution is 2.45. The molecule has 5 aliphatic heterocycles. The van der Waals surface area contributed by atoms with E-state index in [4.69, 9.17) is 21.4 Å². The monoisotopic (exact) mass is 941 g/mol. The molecule has 1 saturated carbocycles. The van der Waals surface area contributed by atoms with Gasteiger partial charge in [-0.3, -0.25) is 34.4 Å². The number of anilines is 4. The Morgan fingerprint density at radius 2 is 1.70 bits per heavy atom. The maximum Gasteiger partial charge on any atom is 0.328 e. The number of carbonyl (C=O) groups is 4. The fourth-order valence-electron chi connectivity index (χ4n) is 11.3. The first-order chi connectivity index (χ1) is 32.2. The van der Waals surface area contributed by atoms with Gasteiger partial charge in [0.15, 0.2) is 17.2 Å². The van der Waals surface area contributed by atoms with E-state index in [9.17, 15) is 19.2 Å². The molecule has 0 bridgehead atoms. The number of ether oxygens (including phenoxy) is 1. The number of likely N-dealkylation sites (tertiary alicyclic amines) is 3. The molecule has 19 heteroatoms. The molecule has 356 valence electrons. The molecule has 2 aromatic heterocycles. The van der Waals surface area contributed by atoms with Crippen LogP contribution in [-0.4, -0.2) is 144 Å². The third kappa shape index (κ3) is 8.48. The molecule has 6 aliphatic rings. The van der Waals surface area contributed by atoms with Gasteiger partial charge in [-0.05, 0) is 112 Å². The van der Waals surface area contributed by atoms with Gasteiger partial charge in [0.05, 0.1) is 47.3 Å². The summed E-state index contributed by atoms with van der Waals surface area (Å²) >= 11 is 6.60. The van der Waals surface area contributed by atoms with Crippen LogP contribution in [0.2, 0.25) is 5.02 Å². The number of rotatable bonds is 10. The summed E-state index contributed by atoms with van der Waals surface area (Å²) in [5, 5.41) is 13.9. The minimum Gasteiger partial charge on any atom is -0.385 e. The van der Waals surface area contributed by atoms with Crippen LogP contribution in [-0.2, 0) is 22.5 Å². The summed E-state index contributed by atoms with van der Waals surface area (Å²) in [7, 11) is 3.46. The standard InChI is InChI=1S/C48H58ClF2N11O5/c1-29-23-31(24-36(42(29)49)61-18-11-41(63)55-46(61)66)45(65)59-21-14-47(15-22-59)12-19-58(20-13-47)39-10-16-57(28-48(39,50)51)27-30-5-4-6-35-32(30)9-17-60(35)40-25-34(52-2)43-53-26-37(62(43)56-40)44(64)54-33-7-8-38(33)67-3/h4-6,23-26,33,38-39,52H,7-22,27-28H2,1-3H3,(H,54,64)(H,55,63,66)/t33-,38-,39-/m1/s1. The number of carbonyl (C=O) groups excluding carboxylic acids is 4. The van der Waals surface area contributed by atoms with Crippen LogP contribution in [0.3, 0.4) is 0 Å². The summed E-state index contributed by atoms with van der Waals surface area (Å²) in [6, 6.07) is 9.94. The number of amides is 5. The van der Waals surface area contributed by atoms with Crippen molar-refractivity contribution in [3.8, 4) is 0 Å². The van der Waals surface area contributed by atoms with Gasteiger partial charge in [-0.15, -0.1) is 5.10 Å². The normalized spacial score (nSPS) is 24.1.